The fourth-order valence-electron chi connectivity index (χ4n) is 3.35. The minimum absolute atomic E-state index is 0.134. The molecule has 2 unspecified atom stereocenters. The fourth-order valence-corrected chi connectivity index (χ4v) is 3.35. The molecule has 1 N–H and O–H groups in total. The van der Waals surface area contributed by atoms with Gasteiger partial charge in [-0.3, -0.25) is 0 Å². The topological polar surface area (TPSA) is 58.4 Å². The Kier molecular flexibility index (Phi) is 4.35. The molecule has 0 radical (unpaired) electrons. The van der Waals surface area contributed by atoms with Crippen LogP contribution in [0.4, 0.5) is 4.79 Å². The molecular weight excluding hydrogens is 254 g/mol. The van der Waals surface area contributed by atoms with Crippen LogP contribution in [0.25, 0.3) is 0 Å². The number of rotatable bonds is 3. The van der Waals surface area contributed by atoms with Gasteiger partial charge in [-0.05, 0) is 46.0 Å². The Morgan fingerprint density at radius 3 is 2.75 bits per heavy atom. The predicted octanol–water partition coefficient (Wildman–Crippen LogP) is 3.22. The lowest BCUT2D eigenvalue weighted by atomic mass is 9.83. The molecule has 1 aromatic heterocycles. The zero-order valence-electron chi connectivity index (χ0n) is 12.6. The number of carbonyl (C=O) groups is 1. The summed E-state index contributed by atoms with van der Waals surface area (Å²) in [5.41, 5.74) is -0.340. The Bertz CT molecular complexity index is 436. The molecule has 0 aliphatic heterocycles. The van der Waals surface area contributed by atoms with Crippen molar-refractivity contribution in [3.05, 3.63) is 18.7 Å². The average Bonchev–Trinajstić information content (AvgIpc) is 2.79. The van der Waals surface area contributed by atoms with Crippen molar-refractivity contribution in [3.8, 4) is 0 Å². The number of nitrogens with zero attached hydrogens (tertiary/aromatic N) is 3. The van der Waals surface area contributed by atoms with Crippen molar-refractivity contribution in [3.63, 3.8) is 0 Å². The van der Waals surface area contributed by atoms with Crippen LogP contribution in [-0.4, -0.2) is 37.2 Å². The molecule has 1 fully saturated rings. The van der Waals surface area contributed by atoms with Crippen molar-refractivity contribution in [2.75, 3.05) is 0 Å². The summed E-state index contributed by atoms with van der Waals surface area (Å²) in [6, 6.07) is 0.134. The van der Waals surface area contributed by atoms with Crippen molar-refractivity contribution in [2.45, 2.75) is 64.6 Å². The summed E-state index contributed by atoms with van der Waals surface area (Å²) in [5, 5.41) is 9.51. The molecule has 2 rings (SSSR count). The molecule has 5 nitrogen and oxygen atoms in total. The SMILES string of the molecule is CC(C)(C)N(C(=O)O)C1CCCC(Cn2ccnc2)C1. The van der Waals surface area contributed by atoms with Crippen molar-refractivity contribution < 1.29 is 9.90 Å². The van der Waals surface area contributed by atoms with Crippen LogP contribution >= 0.6 is 0 Å². The van der Waals surface area contributed by atoms with Crippen molar-refractivity contribution >= 4 is 6.09 Å². The largest absolute Gasteiger partial charge is 0.465 e. The van der Waals surface area contributed by atoms with Gasteiger partial charge in [0.05, 0.1) is 6.33 Å². The molecule has 0 bridgehead atoms. The number of hydrogen-bond donors (Lipinski definition) is 1. The van der Waals surface area contributed by atoms with Crippen LogP contribution in [0.3, 0.4) is 0 Å². The molecule has 20 heavy (non-hydrogen) atoms. The molecule has 1 saturated carbocycles. The van der Waals surface area contributed by atoms with Gasteiger partial charge < -0.3 is 14.6 Å². The van der Waals surface area contributed by atoms with Gasteiger partial charge in [-0.1, -0.05) is 6.42 Å². The van der Waals surface area contributed by atoms with Gasteiger partial charge in [0.25, 0.3) is 0 Å². The summed E-state index contributed by atoms with van der Waals surface area (Å²) in [6.07, 6.45) is 9.00. The second kappa shape index (κ2) is 5.85. The van der Waals surface area contributed by atoms with E-state index in [0.717, 1.165) is 25.8 Å². The second-order valence-electron chi connectivity index (χ2n) is 6.77. The highest BCUT2D eigenvalue weighted by molar-refractivity contribution is 5.66. The smallest absolute Gasteiger partial charge is 0.407 e. The summed E-state index contributed by atoms with van der Waals surface area (Å²) in [5.74, 6) is 0.534. The van der Waals surface area contributed by atoms with Crippen LogP contribution in [0, 0.1) is 5.92 Å². The standard InChI is InChI=1S/C15H25N3O2/c1-15(2,3)18(14(19)20)13-6-4-5-12(9-13)10-17-8-7-16-11-17/h7-8,11-13H,4-6,9-10H2,1-3H3,(H,19,20). The third-order valence-corrected chi connectivity index (χ3v) is 4.08. The molecule has 1 aromatic rings. The molecule has 1 aliphatic rings. The Morgan fingerprint density at radius 1 is 1.45 bits per heavy atom. The van der Waals surface area contributed by atoms with E-state index >= 15 is 0 Å². The van der Waals surface area contributed by atoms with E-state index in [2.05, 4.69) is 9.55 Å². The molecule has 0 saturated heterocycles. The summed E-state index contributed by atoms with van der Waals surface area (Å²) >= 11 is 0. The van der Waals surface area contributed by atoms with Gasteiger partial charge in [0.1, 0.15) is 0 Å². The molecule has 1 aliphatic carbocycles. The Morgan fingerprint density at radius 2 is 2.20 bits per heavy atom. The third kappa shape index (κ3) is 3.52. The van der Waals surface area contributed by atoms with E-state index in [1.165, 1.54) is 6.42 Å². The molecule has 0 aromatic carbocycles. The van der Waals surface area contributed by atoms with E-state index in [0.29, 0.717) is 5.92 Å². The molecule has 1 heterocycles. The summed E-state index contributed by atoms with van der Waals surface area (Å²) in [7, 11) is 0. The minimum Gasteiger partial charge on any atom is -0.465 e. The molecule has 112 valence electrons. The number of aromatic nitrogens is 2. The van der Waals surface area contributed by atoms with Gasteiger partial charge in [0.15, 0.2) is 0 Å². The van der Waals surface area contributed by atoms with Gasteiger partial charge in [0, 0.05) is 30.5 Å². The first kappa shape index (κ1) is 14.9. The monoisotopic (exact) mass is 279 g/mol. The van der Waals surface area contributed by atoms with Crippen LogP contribution in [0.15, 0.2) is 18.7 Å². The van der Waals surface area contributed by atoms with E-state index in [-0.39, 0.29) is 11.6 Å². The van der Waals surface area contributed by atoms with E-state index < -0.39 is 6.09 Å². The third-order valence-electron chi connectivity index (χ3n) is 4.08. The molecule has 1 amide bonds. The number of hydrogen-bond acceptors (Lipinski definition) is 2. The average molecular weight is 279 g/mol. The van der Waals surface area contributed by atoms with Gasteiger partial charge in [-0.25, -0.2) is 9.78 Å². The van der Waals surface area contributed by atoms with E-state index in [9.17, 15) is 9.90 Å². The van der Waals surface area contributed by atoms with Gasteiger partial charge in [0.2, 0.25) is 0 Å². The van der Waals surface area contributed by atoms with E-state index in [4.69, 9.17) is 0 Å². The lowest BCUT2D eigenvalue weighted by Gasteiger charge is -2.43. The quantitative estimate of drug-likeness (QED) is 0.924. The van der Waals surface area contributed by atoms with Crippen molar-refractivity contribution in [2.24, 2.45) is 5.92 Å². The fraction of sp³-hybridized carbons (Fsp3) is 0.733. The molecule has 0 spiro atoms. The predicted molar refractivity (Wildman–Crippen MR) is 77.6 cm³/mol. The summed E-state index contributed by atoms with van der Waals surface area (Å²) in [6.45, 7) is 6.86. The maximum Gasteiger partial charge on any atom is 0.407 e. The zero-order chi connectivity index (χ0) is 14.8. The Labute approximate surface area is 120 Å². The maximum absolute atomic E-state index is 11.6. The highest BCUT2D eigenvalue weighted by Gasteiger charge is 2.36. The Balaban J connectivity index is 2.03. The van der Waals surface area contributed by atoms with E-state index in [1.807, 2.05) is 33.3 Å². The zero-order valence-corrected chi connectivity index (χ0v) is 12.6. The van der Waals surface area contributed by atoms with Crippen LogP contribution in [0.5, 0.6) is 0 Å². The maximum atomic E-state index is 11.6. The number of carboxylic acid groups (broad SMARTS) is 1. The molecule has 2 atom stereocenters. The lowest BCUT2D eigenvalue weighted by molar-refractivity contribution is 0.0456. The second-order valence-corrected chi connectivity index (χ2v) is 6.77. The highest BCUT2D eigenvalue weighted by Crippen LogP contribution is 2.32. The van der Waals surface area contributed by atoms with Crippen LogP contribution in [-0.2, 0) is 6.54 Å². The van der Waals surface area contributed by atoms with Crippen LogP contribution < -0.4 is 0 Å². The normalized spacial score (nSPS) is 23.6. The molecule has 5 heteroatoms. The highest BCUT2D eigenvalue weighted by atomic mass is 16.4. The number of imidazole rings is 1. The first-order chi connectivity index (χ1) is 9.38. The summed E-state index contributed by atoms with van der Waals surface area (Å²) in [4.78, 5) is 17.3. The first-order valence-corrected chi connectivity index (χ1v) is 7.36. The van der Waals surface area contributed by atoms with Gasteiger partial charge in [-0.2, -0.15) is 0 Å². The van der Waals surface area contributed by atoms with Gasteiger partial charge in [-0.15, -0.1) is 0 Å². The lowest BCUT2D eigenvalue weighted by Crippen LogP contribution is -2.52. The first-order valence-electron chi connectivity index (χ1n) is 7.36. The Hall–Kier alpha value is -1.52. The number of amides is 1. The van der Waals surface area contributed by atoms with Crippen molar-refractivity contribution in [1.29, 1.82) is 0 Å². The van der Waals surface area contributed by atoms with E-state index in [1.54, 1.807) is 11.1 Å². The van der Waals surface area contributed by atoms with Gasteiger partial charge >= 0.3 is 6.09 Å². The van der Waals surface area contributed by atoms with Crippen LogP contribution in [0.2, 0.25) is 0 Å². The van der Waals surface area contributed by atoms with Crippen molar-refractivity contribution in [1.82, 2.24) is 14.5 Å². The van der Waals surface area contributed by atoms with Crippen LogP contribution in [0.1, 0.15) is 46.5 Å². The molecular formula is C15H25N3O2. The minimum atomic E-state index is -0.800. The summed E-state index contributed by atoms with van der Waals surface area (Å²) < 4.78 is 2.09.